The molecule has 4 rings (SSSR count). The van der Waals surface area contributed by atoms with E-state index in [4.69, 9.17) is 43.4 Å². The Morgan fingerprint density at radius 3 is 1.63 bits per heavy atom. The van der Waals surface area contributed by atoms with E-state index in [1.165, 1.54) is 0 Å². The first-order valence-corrected chi connectivity index (χ1v) is 20.3. The lowest BCUT2D eigenvalue weighted by Crippen LogP contribution is -2.69. The number of aliphatic hydroxyl groups excluding tert-OH is 15. The van der Waals surface area contributed by atoms with Gasteiger partial charge in [-0.2, -0.15) is 0 Å². The normalized spacial score (nSPS) is 44.8. The summed E-state index contributed by atoms with van der Waals surface area (Å²) in [4.78, 5) is 21.7. The second-order valence-electron chi connectivity index (χ2n) is 14.8. The van der Waals surface area contributed by atoms with Crippen molar-refractivity contribution in [2.75, 3.05) is 39.6 Å². The molecule has 30 nitrogen and oxygen atoms in total. The summed E-state index contributed by atoms with van der Waals surface area (Å²) >= 11 is 0. The van der Waals surface area contributed by atoms with Crippen molar-refractivity contribution in [1.82, 2.24) is 0 Å². The molecule has 0 aromatic rings. The second kappa shape index (κ2) is 22.4. The zero-order chi connectivity index (χ0) is 46.6. The number of phosphoric acid groups is 1. The number of rotatable bonds is 20. The van der Waals surface area contributed by atoms with E-state index in [0.717, 1.165) is 0 Å². The van der Waals surface area contributed by atoms with E-state index in [1.807, 2.05) is 0 Å². The summed E-state index contributed by atoms with van der Waals surface area (Å²) in [6.45, 7) is -5.38. The summed E-state index contributed by atoms with van der Waals surface area (Å²) in [5.41, 5.74) is 5.25. The van der Waals surface area contributed by atoms with Crippen molar-refractivity contribution in [2.24, 2.45) is 5.73 Å². The number of carboxylic acids is 1. The van der Waals surface area contributed by atoms with Gasteiger partial charge in [-0.25, -0.2) is 9.36 Å². The van der Waals surface area contributed by atoms with Crippen LogP contribution in [0, 0.1) is 0 Å². The number of phosphoric ester groups is 1. The smallest absolute Gasteiger partial charge is 0.472 e. The summed E-state index contributed by atoms with van der Waals surface area (Å²) in [6, 6.07) is 0. The zero-order valence-electron chi connectivity index (χ0n) is 32.2. The molecule has 364 valence electrons. The fourth-order valence-electron chi connectivity index (χ4n) is 7.00. The Morgan fingerprint density at radius 2 is 1.10 bits per heavy atom. The highest BCUT2D eigenvalue weighted by molar-refractivity contribution is 7.47. The van der Waals surface area contributed by atoms with Gasteiger partial charge in [0.25, 0.3) is 5.79 Å². The van der Waals surface area contributed by atoms with Crippen molar-refractivity contribution in [3.8, 4) is 0 Å². The third kappa shape index (κ3) is 11.9. The molecule has 31 heteroatoms. The maximum absolute atomic E-state index is 12.3. The number of aliphatic carboxylic acids is 1. The van der Waals surface area contributed by atoms with Gasteiger partial charge in [-0.15, -0.1) is 0 Å². The number of carboxylic acid groups (broad SMARTS) is 1. The Bertz CT molecular complexity index is 1460. The van der Waals surface area contributed by atoms with Crippen LogP contribution in [0.25, 0.3) is 0 Å². The molecule has 0 bridgehead atoms. The lowest BCUT2D eigenvalue weighted by molar-refractivity contribution is -0.402. The highest BCUT2D eigenvalue weighted by atomic mass is 31.2. The standard InChI is InChI=1S/C31H56NO29P/c32-1-2-53-62(51,52)54-7-12(40)22-18(46)25(19(47)28(56-22)58-23-8(36)3-31(50,30(48)49)61-24(23)11(39)6-35)59-29-26(16(44)15(43)21(57-29)10(38)5-34)60-27-17(45)13(41)14(42)20(55-27)9(37)4-33/h8-29,33-47,50H,1-7,32H2,(H,48,49)(H,51,52)/t8-,9-,10+,11-,12+,13+,14+,15+,16+,17+,18-,19+,20-,21-,22-,23-,24-,25+,26+,27-,28-,29+,31-/m1/s1. The minimum atomic E-state index is -4.96. The third-order valence-electron chi connectivity index (χ3n) is 10.4. The van der Waals surface area contributed by atoms with Crippen molar-refractivity contribution in [3.05, 3.63) is 0 Å². The summed E-state index contributed by atoms with van der Waals surface area (Å²) in [6.07, 6.45) is -49.4. The van der Waals surface area contributed by atoms with E-state index >= 15 is 0 Å². The van der Waals surface area contributed by atoms with E-state index in [0.29, 0.717) is 0 Å². The lowest BCUT2D eigenvalue weighted by Gasteiger charge is -2.50. The van der Waals surface area contributed by atoms with E-state index < -0.39 is 194 Å². The Labute approximate surface area is 349 Å². The fourth-order valence-corrected chi connectivity index (χ4v) is 7.75. The van der Waals surface area contributed by atoms with Crippen LogP contribution < -0.4 is 5.73 Å². The average Bonchev–Trinajstić information content (AvgIpc) is 3.23. The molecule has 0 aromatic heterocycles. The Kier molecular flexibility index (Phi) is 19.2. The summed E-state index contributed by atoms with van der Waals surface area (Å²) in [5, 5.41) is 179. The minimum absolute atomic E-state index is 0.251. The van der Waals surface area contributed by atoms with E-state index in [1.54, 1.807) is 0 Å². The van der Waals surface area contributed by atoms with Crippen LogP contribution in [0.3, 0.4) is 0 Å². The lowest BCUT2D eigenvalue weighted by atomic mass is 9.91. The van der Waals surface area contributed by atoms with Crippen LogP contribution in [0.15, 0.2) is 0 Å². The van der Waals surface area contributed by atoms with Crippen LogP contribution in [0.4, 0.5) is 0 Å². The molecule has 4 aliphatic rings. The molecule has 4 aliphatic heterocycles. The molecule has 1 unspecified atom stereocenters. The molecule has 0 radical (unpaired) electrons. The Hall–Kier alpha value is -1.38. The minimum Gasteiger partial charge on any atom is -0.477 e. The monoisotopic (exact) mass is 937 g/mol. The SMILES string of the molecule is NCCOP(=O)(O)OC[C@H](O)[C@H]1O[C@H](O[C@H]2[C@@H]([C@H](O)CO)O[C@@](O)(C(=O)O)C[C@H]2O)[C@@H](O)[C@@H](O[C@@H]2O[C@H]([C@@H](O)CO)[C@@H](O)[C@H](O)[C@@H]2O[C@H]2O[C@H]([C@H](O)CO)[C@@H](O)[C@H](O)[C@@H]2O)[C@@H]1O. The molecule has 4 fully saturated rings. The highest BCUT2D eigenvalue weighted by Gasteiger charge is 2.59. The molecule has 0 amide bonds. The number of ether oxygens (including phenoxy) is 7. The van der Waals surface area contributed by atoms with E-state index in [-0.39, 0.29) is 6.54 Å². The number of aliphatic hydroxyl groups is 16. The van der Waals surface area contributed by atoms with Gasteiger partial charge >= 0.3 is 13.8 Å². The fraction of sp³-hybridized carbons (Fsp3) is 0.968. The molecular weight excluding hydrogens is 881 g/mol. The Balaban J connectivity index is 1.74. The van der Waals surface area contributed by atoms with Crippen LogP contribution in [0.5, 0.6) is 0 Å². The van der Waals surface area contributed by atoms with Gasteiger partial charge in [-0.1, -0.05) is 0 Å². The van der Waals surface area contributed by atoms with Gasteiger partial charge in [0, 0.05) is 13.0 Å². The molecular formula is C31H56NO29P. The first-order valence-electron chi connectivity index (χ1n) is 18.8. The van der Waals surface area contributed by atoms with Crippen molar-refractivity contribution < 1.29 is 143 Å². The van der Waals surface area contributed by atoms with Crippen molar-refractivity contribution in [2.45, 2.75) is 147 Å². The predicted octanol–water partition coefficient (Wildman–Crippen LogP) is -11.7. The molecule has 20 N–H and O–H groups in total. The summed E-state index contributed by atoms with van der Waals surface area (Å²) < 4.78 is 60.3. The number of hydrogen-bond donors (Lipinski definition) is 19. The van der Waals surface area contributed by atoms with Crippen molar-refractivity contribution in [3.63, 3.8) is 0 Å². The quantitative estimate of drug-likeness (QED) is 0.0504. The molecule has 4 saturated heterocycles. The molecule has 4 heterocycles. The average molecular weight is 938 g/mol. The van der Waals surface area contributed by atoms with Crippen LogP contribution in [0.2, 0.25) is 0 Å². The molecule has 24 atom stereocenters. The highest BCUT2D eigenvalue weighted by Crippen LogP contribution is 2.44. The van der Waals surface area contributed by atoms with Gasteiger partial charge in [0.05, 0.1) is 39.1 Å². The zero-order valence-corrected chi connectivity index (χ0v) is 33.1. The van der Waals surface area contributed by atoms with Gasteiger partial charge in [-0.3, -0.25) is 9.05 Å². The first-order chi connectivity index (χ1) is 29.0. The number of hydrogen-bond acceptors (Lipinski definition) is 28. The second-order valence-corrected chi connectivity index (χ2v) is 16.2. The largest absolute Gasteiger partial charge is 0.477 e. The van der Waals surface area contributed by atoms with Gasteiger partial charge < -0.3 is 131 Å². The summed E-state index contributed by atoms with van der Waals surface area (Å²) in [5.74, 6) is -5.23. The topological polar surface area (TPSA) is 507 Å². The molecule has 0 aliphatic carbocycles. The maximum Gasteiger partial charge on any atom is 0.472 e. The van der Waals surface area contributed by atoms with Gasteiger partial charge in [0.1, 0.15) is 110 Å². The number of carbonyl (C=O) groups is 1. The molecule has 0 saturated carbocycles. The predicted molar refractivity (Wildman–Crippen MR) is 187 cm³/mol. The van der Waals surface area contributed by atoms with Gasteiger partial charge in [0.2, 0.25) is 0 Å². The van der Waals surface area contributed by atoms with E-state index in [2.05, 4.69) is 4.52 Å². The van der Waals surface area contributed by atoms with E-state index in [9.17, 15) is 101 Å². The van der Waals surface area contributed by atoms with Crippen LogP contribution in [-0.2, 0) is 51.6 Å². The summed E-state index contributed by atoms with van der Waals surface area (Å²) in [7, 11) is -4.96. The maximum atomic E-state index is 12.3. The van der Waals surface area contributed by atoms with Gasteiger partial charge in [-0.05, 0) is 0 Å². The van der Waals surface area contributed by atoms with Crippen LogP contribution in [0.1, 0.15) is 6.42 Å². The van der Waals surface area contributed by atoms with Crippen LogP contribution >= 0.6 is 7.82 Å². The molecule has 0 aromatic carbocycles. The van der Waals surface area contributed by atoms with Crippen LogP contribution in [-0.4, -0.2) is 278 Å². The van der Waals surface area contributed by atoms with Crippen molar-refractivity contribution in [1.29, 1.82) is 0 Å². The third-order valence-corrected chi connectivity index (χ3v) is 11.3. The first kappa shape index (κ1) is 53.2. The van der Waals surface area contributed by atoms with Gasteiger partial charge in [0.15, 0.2) is 18.9 Å². The number of nitrogens with two attached hydrogens (primary N) is 1. The molecule has 62 heavy (non-hydrogen) atoms. The Morgan fingerprint density at radius 1 is 0.629 bits per heavy atom. The molecule has 0 spiro atoms. The van der Waals surface area contributed by atoms with Crippen molar-refractivity contribution >= 4 is 13.8 Å².